The molecule has 0 atom stereocenters. The highest BCUT2D eigenvalue weighted by Crippen LogP contribution is 2.50. The highest BCUT2D eigenvalue weighted by Gasteiger charge is 2.30. The van der Waals surface area contributed by atoms with Gasteiger partial charge in [-0.2, -0.15) is 0 Å². The van der Waals surface area contributed by atoms with Gasteiger partial charge in [0, 0.05) is 33.8 Å². The number of benzene rings is 11. The average molecular weight is 1170 g/mol. The van der Waals surface area contributed by atoms with Crippen LogP contribution in [-0.4, -0.2) is 14.1 Å². The van der Waals surface area contributed by atoms with Crippen LogP contribution < -0.4 is 9.30 Å². The Morgan fingerprint density at radius 3 is 1.84 bits per heavy atom. The smallest absolute Gasteiger partial charge is 0.269 e. The highest BCUT2D eigenvalue weighted by molar-refractivity contribution is 6.11. The van der Waals surface area contributed by atoms with Crippen molar-refractivity contribution < 1.29 is 20.6 Å². The molecule has 16 rings (SSSR count). The number of nitrogens with zero attached hydrogens (tertiary/aromatic N) is 4. The zero-order valence-electron chi connectivity index (χ0n) is 56.9. The van der Waals surface area contributed by atoms with Crippen molar-refractivity contribution in [2.45, 2.75) is 78.6 Å². The number of hydrogen-bond acceptors (Lipinski definition) is 3. The molecule has 0 bridgehead atoms. The van der Waals surface area contributed by atoms with Crippen molar-refractivity contribution in [3.8, 4) is 95.5 Å². The fourth-order valence-corrected chi connectivity index (χ4v) is 13.4. The lowest BCUT2D eigenvalue weighted by atomic mass is 9.78. The first-order valence-electron chi connectivity index (χ1n) is 33.4. The minimum absolute atomic E-state index is 0.0863. The third-order valence-electron chi connectivity index (χ3n) is 18.1. The summed E-state index contributed by atoms with van der Waals surface area (Å²) in [5, 5.41) is 4.17. The number of hydrogen-bond donors (Lipinski definition) is 0. The minimum atomic E-state index is -0.452. The van der Waals surface area contributed by atoms with Gasteiger partial charge in [-0.25, -0.2) is 4.98 Å². The fraction of sp³-hybridized carbons (Fsp3) is 0.143. The molecule has 0 fully saturated rings. The number of para-hydroxylation sites is 3. The molecule has 15 aromatic rings. The topological polar surface area (TPSA) is 49.0 Å². The summed E-state index contributed by atoms with van der Waals surface area (Å²) in [6.07, 6.45) is 5.95. The van der Waals surface area contributed by atoms with Crippen LogP contribution in [0, 0.1) is 6.33 Å². The lowest BCUT2D eigenvalue weighted by Crippen LogP contribution is -2.32. The van der Waals surface area contributed by atoms with E-state index >= 15 is 0 Å². The third kappa shape index (κ3) is 9.14. The molecule has 0 amide bonds. The van der Waals surface area contributed by atoms with E-state index in [0.717, 1.165) is 122 Å². The van der Waals surface area contributed by atoms with E-state index in [4.69, 9.17) is 18.3 Å². The molecule has 1 aliphatic heterocycles. The molecule has 0 radical (unpaired) electrons. The molecular formula is C84H68N4O2. The number of fused-ring (bicyclic) bond motifs is 13. The molecule has 0 spiro atoms. The zero-order chi connectivity index (χ0) is 65.7. The zero-order valence-corrected chi connectivity index (χ0v) is 51.9. The molecule has 6 heteroatoms. The molecule has 6 nitrogen and oxygen atoms in total. The van der Waals surface area contributed by atoms with Crippen molar-refractivity contribution in [3.63, 3.8) is 0 Å². The molecule has 0 aliphatic carbocycles. The standard InChI is InChI=1S/C84H68N4O2/c1-82(2,3)56-40-41-85-78(48-56)88-73-34-17-15-28-66(73)67-38-37-61(50-74(67)88)89-60-25-19-24-59(49-60)86-51-87-80-63(53-36-39-77-71(44-53)68-29-16-18-35-76(68)90-77)31-21-33-70(80)79-62(52-22-11-10-12-23-52)30-20-32-69(79)64-26-13-14-27-65(64)72-45-55(46-75(86)81(72)87)54-42-57(83(4,5)6)47-58(43-54)84(7,8)9/h10-50H,1-9H3/i10D,11D,12D,22D,23D. The Kier molecular flexibility index (Phi) is 11.3. The van der Waals surface area contributed by atoms with Gasteiger partial charge in [-0.3, -0.25) is 13.7 Å². The normalized spacial score (nSPS) is 13.3. The van der Waals surface area contributed by atoms with E-state index in [2.05, 4.69) is 240 Å². The van der Waals surface area contributed by atoms with Gasteiger partial charge >= 0.3 is 0 Å². The molecular weight excluding hydrogens is 1100 g/mol. The maximum absolute atomic E-state index is 9.58. The SMILES string of the molecule is [2H]c1c([2H])c([2H])c(-c2cccc3c2-c2cccc(-c4ccc5oc6ccccc6c5c4)c2-[n+]2[c-]n(-c4cccc(Oc5ccc6c7ccccc7n(-c7cc(C(C)(C)C)ccn7)c6c5)c4)c4cc(-c5cc(C(C)(C)C)cc(C(C)(C)C)c5)cc(c42)-c2ccccc2-3)c([2H])c1[2H]. The Morgan fingerprint density at radius 2 is 1.07 bits per heavy atom. The summed E-state index contributed by atoms with van der Waals surface area (Å²) >= 11 is 0. The van der Waals surface area contributed by atoms with Gasteiger partial charge in [-0.1, -0.05) is 226 Å². The summed E-state index contributed by atoms with van der Waals surface area (Å²) in [6.45, 7) is 20.3. The monoisotopic (exact) mass is 1170 g/mol. The van der Waals surface area contributed by atoms with E-state index in [1.807, 2.05) is 60.8 Å². The number of ether oxygens (including phenoxy) is 1. The van der Waals surface area contributed by atoms with Crippen molar-refractivity contribution in [2.24, 2.45) is 0 Å². The van der Waals surface area contributed by atoms with Gasteiger partial charge in [0.1, 0.15) is 28.5 Å². The van der Waals surface area contributed by atoms with Crippen LogP contribution in [0.5, 0.6) is 11.5 Å². The van der Waals surface area contributed by atoms with Crippen LogP contribution in [0.15, 0.2) is 253 Å². The highest BCUT2D eigenvalue weighted by atomic mass is 16.5. The molecule has 436 valence electrons. The van der Waals surface area contributed by atoms with Crippen LogP contribution in [0.25, 0.3) is 139 Å². The predicted octanol–water partition coefficient (Wildman–Crippen LogP) is 22.1. The maximum Gasteiger partial charge on any atom is 0.269 e. The Morgan fingerprint density at radius 1 is 0.433 bits per heavy atom. The van der Waals surface area contributed by atoms with Crippen molar-refractivity contribution >= 4 is 54.8 Å². The van der Waals surface area contributed by atoms with Crippen LogP contribution in [-0.2, 0) is 16.2 Å². The quantitative estimate of drug-likeness (QED) is 0.118. The van der Waals surface area contributed by atoms with Crippen molar-refractivity contribution in [1.82, 2.24) is 14.1 Å². The van der Waals surface area contributed by atoms with E-state index in [9.17, 15) is 2.74 Å². The molecule has 5 heterocycles. The van der Waals surface area contributed by atoms with Gasteiger partial charge in [0.2, 0.25) is 0 Å². The first-order valence-corrected chi connectivity index (χ1v) is 30.9. The molecule has 11 aromatic carbocycles. The molecule has 0 N–H and O–H groups in total. The maximum atomic E-state index is 9.58. The van der Waals surface area contributed by atoms with E-state index in [1.54, 1.807) is 0 Å². The lowest BCUT2D eigenvalue weighted by molar-refractivity contribution is -0.570. The Balaban J connectivity index is 0.996. The van der Waals surface area contributed by atoms with E-state index in [1.165, 1.54) is 16.7 Å². The van der Waals surface area contributed by atoms with Crippen LogP contribution >= 0.6 is 0 Å². The molecule has 0 unspecified atom stereocenters. The Labute approximate surface area is 532 Å². The summed E-state index contributed by atoms with van der Waals surface area (Å²) in [5.41, 5.74) is 19.7. The number of aromatic nitrogens is 4. The Bertz CT molecular complexity index is 5670. The van der Waals surface area contributed by atoms with Gasteiger partial charge in [0.25, 0.3) is 6.33 Å². The first kappa shape index (κ1) is 49.4. The lowest BCUT2D eigenvalue weighted by Gasteiger charge is -2.26. The van der Waals surface area contributed by atoms with Gasteiger partial charge in [-0.15, -0.1) is 0 Å². The average Bonchev–Trinajstić information content (AvgIpc) is 1.60. The van der Waals surface area contributed by atoms with Crippen LogP contribution in [0.2, 0.25) is 0 Å². The fourth-order valence-electron chi connectivity index (χ4n) is 13.4. The molecule has 0 saturated heterocycles. The summed E-state index contributed by atoms with van der Waals surface area (Å²) < 4.78 is 66.1. The van der Waals surface area contributed by atoms with Gasteiger partial charge in [0.15, 0.2) is 0 Å². The number of imidazole rings is 1. The first-order chi connectivity index (χ1) is 45.6. The largest absolute Gasteiger partial charge is 0.458 e. The summed E-state index contributed by atoms with van der Waals surface area (Å²) in [4.78, 5) is 4.96. The van der Waals surface area contributed by atoms with E-state index < -0.39 is 18.1 Å². The molecule has 4 aromatic heterocycles. The van der Waals surface area contributed by atoms with Gasteiger partial charge in [-0.05, 0) is 172 Å². The second kappa shape index (κ2) is 20.5. The van der Waals surface area contributed by atoms with Crippen LogP contribution in [0.4, 0.5) is 0 Å². The third-order valence-corrected chi connectivity index (χ3v) is 18.1. The molecule has 0 saturated carbocycles. The molecule has 1 aliphatic rings. The van der Waals surface area contributed by atoms with Crippen molar-refractivity contribution in [2.75, 3.05) is 0 Å². The van der Waals surface area contributed by atoms with Crippen molar-refractivity contribution in [3.05, 3.63) is 272 Å². The van der Waals surface area contributed by atoms with E-state index in [-0.39, 0.29) is 33.9 Å². The molecule has 90 heavy (non-hydrogen) atoms. The number of furan rings is 1. The van der Waals surface area contributed by atoms with Gasteiger partial charge < -0.3 is 9.15 Å². The Hall–Kier alpha value is -10.6. The van der Waals surface area contributed by atoms with Gasteiger partial charge in [0.05, 0.1) is 40.3 Å². The van der Waals surface area contributed by atoms with Crippen LogP contribution in [0.3, 0.4) is 0 Å². The second-order valence-electron chi connectivity index (χ2n) is 27.0. The summed E-state index contributed by atoms with van der Waals surface area (Å²) in [6, 6.07) is 72.3. The minimum Gasteiger partial charge on any atom is -0.458 e. The van der Waals surface area contributed by atoms with Crippen molar-refractivity contribution in [1.29, 1.82) is 0 Å². The van der Waals surface area contributed by atoms with Crippen LogP contribution in [0.1, 0.15) is 85.9 Å². The summed E-state index contributed by atoms with van der Waals surface area (Å²) in [7, 11) is 0. The predicted molar refractivity (Wildman–Crippen MR) is 372 cm³/mol. The number of pyridine rings is 1. The number of rotatable bonds is 7. The second-order valence-corrected chi connectivity index (χ2v) is 27.0. The van der Waals surface area contributed by atoms with E-state index in [0.29, 0.717) is 22.6 Å². The summed E-state index contributed by atoms with van der Waals surface area (Å²) in [5.74, 6) is 2.11.